The maximum atomic E-state index is 13.1. The van der Waals surface area contributed by atoms with E-state index >= 15 is 0 Å². The van der Waals surface area contributed by atoms with Crippen LogP contribution in [-0.2, 0) is 39.7 Å². The Morgan fingerprint density at radius 1 is 0.900 bits per heavy atom. The van der Waals surface area contributed by atoms with Crippen LogP contribution in [0.5, 0.6) is 11.5 Å². The molecule has 0 saturated heterocycles. The summed E-state index contributed by atoms with van der Waals surface area (Å²) in [6, 6.07) is 9.57. The van der Waals surface area contributed by atoms with Gasteiger partial charge in [0, 0.05) is 18.2 Å². The first-order valence-electron chi connectivity index (χ1n) is 13.2. The molecular formula is C26H20N7O14S3+. The van der Waals surface area contributed by atoms with Crippen molar-refractivity contribution in [3.05, 3.63) is 70.8 Å². The second kappa shape index (κ2) is 12.7. The van der Waals surface area contributed by atoms with E-state index in [1.165, 1.54) is 6.92 Å². The van der Waals surface area contributed by atoms with Crippen molar-refractivity contribution in [1.29, 1.82) is 0 Å². The molecule has 24 heteroatoms. The molecule has 0 aromatic heterocycles. The second-order valence-electron chi connectivity index (χ2n) is 10.2. The normalized spacial score (nSPS) is 15.8. The number of nitrogens with zero attached hydrogens (tertiary/aromatic N) is 7. The van der Waals surface area contributed by atoms with Gasteiger partial charge in [0.1, 0.15) is 26.9 Å². The fraction of sp³-hybridized carbons (Fsp3) is 0.0769. The molecule has 0 aliphatic carbocycles. The number of benzene rings is 4. The Morgan fingerprint density at radius 2 is 1.56 bits per heavy atom. The van der Waals surface area contributed by atoms with Crippen LogP contribution in [0, 0.1) is 10.1 Å². The largest absolute Gasteiger partial charge is 0.505 e. The van der Waals surface area contributed by atoms with E-state index < -0.39 is 107 Å². The van der Waals surface area contributed by atoms with E-state index in [1.807, 2.05) is 0 Å². The number of aromatic hydroxyl groups is 2. The first kappa shape index (κ1) is 35.7. The SMILES string of the molecule is CC1=NN(c2ccccc2)C(=O)C1N=Nc1cc([S+](=O)(O)O)cc2cc(S(=O)(=O)O)c(N=Nc3cc(S(=O)(=O)O)cc([N+](=O)[O-])c3O)c(O)c12. The van der Waals surface area contributed by atoms with Gasteiger partial charge in [0.15, 0.2) is 11.8 Å². The summed E-state index contributed by atoms with van der Waals surface area (Å²) in [7, 11) is -15.3. The lowest BCUT2D eigenvalue weighted by atomic mass is 10.1. The van der Waals surface area contributed by atoms with Crippen LogP contribution in [0.1, 0.15) is 6.92 Å². The van der Waals surface area contributed by atoms with E-state index in [0.29, 0.717) is 17.8 Å². The predicted molar refractivity (Wildman–Crippen MR) is 171 cm³/mol. The highest BCUT2D eigenvalue weighted by Gasteiger charge is 2.36. The van der Waals surface area contributed by atoms with Gasteiger partial charge < -0.3 is 10.2 Å². The molecule has 0 fully saturated rings. The fourth-order valence-corrected chi connectivity index (χ4v) is 6.30. The molecule has 1 atom stereocenters. The summed E-state index contributed by atoms with van der Waals surface area (Å²) in [5, 5.41) is 51.9. The van der Waals surface area contributed by atoms with Gasteiger partial charge in [-0.1, -0.05) is 18.2 Å². The molecule has 50 heavy (non-hydrogen) atoms. The monoisotopic (exact) mass is 750 g/mol. The van der Waals surface area contributed by atoms with Gasteiger partial charge in [0.2, 0.25) is 10.6 Å². The molecule has 1 aliphatic rings. The molecule has 1 amide bonds. The number of phenolic OH excluding ortho intramolecular Hbond substituents is 2. The van der Waals surface area contributed by atoms with E-state index in [9.17, 15) is 64.4 Å². The molecule has 21 nitrogen and oxygen atoms in total. The highest BCUT2D eigenvalue weighted by Crippen LogP contribution is 2.47. The highest BCUT2D eigenvalue weighted by molar-refractivity contribution is 7.92. The van der Waals surface area contributed by atoms with Crippen molar-refractivity contribution in [3.8, 4) is 11.5 Å². The lowest BCUT2D eigenvalue weighted by Crippen LogP contribution is -2.29. The van der Waals surface area contributed by atoms with E-state index in [2.05, 4.69) is 25.6 Å². The smallest absolute Gasteiger partial charge is 0.386 e. The molecule has 0 saturated carbocycles. The number of hydrazone groups is 1. The van der Waals surface area contributed by atoms with Crippen LogP contribution < -0.4 is 5.01 Å². The lowest BCUT2D eigenvalue weighted by Gasteiger charge is -2.12. The first-order valence-corrected chi connectivity index (χ1v) is 17.6. The summed E-state index contributed by atoms with van der Waals surface area (Å²) in [5.74, 6) is -3.18. The molecule has 1 unspecified atom stereocenters. The Hall–Kier alpha value is -5.63. The van der Waals surface area contributed by atoms with Crippen molar-refractivity contribution >= 4 is 81.6 Å². The minimum absolute atomic E-state index is 0.143. The van der Waals surface area contributed by atoms with Crippen molar-refractivity contribution < 1.29 is 59.2 Å². The standard InChI is InChI=1S/C26H19N7O14S3/c1-12-22(26(36)32(31-12)14-5-3-2-4-6-14)29-27-17-9-15(48(39,40)41)7-13-8-20(50(45,46)47)23(25(35)21(13)17)30-28-18-10-16(49(42,43)44)11-19(24(18)34)33(37)38/h2-11,22H,1H3,(H5-,27,28,29,30,34,35,39,40,41,42,43,44,45,46,47)/p+1. The Bertz CT molecular complexity index is 2480. The van der Waals surface area contributed by atoms with Crippen LogP contribution in [0.15, 0.2) is 101 Å². The van der Waals surface area contributed by atoms with Crippen molar-refractivity contribution in [2.75, 3.05) is 5.01 Å². The van der Waals surface area contributed by atoms with E-state index in [0.717, 1.165) is 17.1 Å². The number of carbonyl (C=O) groups is 1. The third-order valence-electron chi connectivity index (χ3n) is 6.86. The molecule has 0 spiro atoms. The van der Waals surface area contributed by atoms with Gasteiger partial charge in [0.25, 0.3) is 26.1 Å². The summed E-state index contributed by atoms with van der Waals surface area (Å²) in [6.45, 7) is 1.44. The zero-order chi connectivity index (χ0) is 36.9. The number of carbonyl (C=O) groups excluding carboxylic acids is 1. The summed E-state index contributed by atoms with van der Waals surface area (Å²) >= 11 is 0. The molecule has 1 heterocycles. The van der Waals surface area contributed by atoms with E-state index in [-0.39, 0.29) is 11.8 Å². The number of rotatable bonds is 9. The second-order valence-corrected chi connectivity index (χ2v) is 14.4. The number of azo groups is 2. The maximum Gasteiger partial charge on any atom is 0.386 e. The van der Waals surface area contributed by atoms with Gasteiger partial charge in [-0.15, -0.1) is 10.2 Å². The Kier molecular flexibility index (Phi) is 9.04. The third-order valence-corrected chi connectivity index (χ3v) is 9.41. The van der Waals surface area contributed by atoms with Gasteiger partial charge >= 0.3 is 16.2 Å². The number of nitro groups is 1. The third kappa shape index (κ3) is 6.92. The fourth-order valence-electron chi connectivity index (χ4n) is 4.57. The number of hydrogen-bond donors (Lipinski definition) is 6. The Balaban J connectivity index is 1.73. The molecule has 4 aromatic carbocycles. The van der Waals surface area contributed by atoms with Crippen LogP contribution in [-0.4, -0.2) is 67.8 Å². The summed E-state index contributed by atoms with van der Waals surface area (Å²) in [4.78, 5) is 20.1. The Labute approximate surface area is 280 Å². The molecule has 260 valence electrons. The molecule has 6 N–H and O–H groups in total. The van der Waals surface area contributed by atoms with Crippen LogP contribution in [0.2, 0.25) is 0 Å². The topological polar surface area (TPSA) is 332 Å². The molecule has 4 aromatic rings. The zero-order valence-electron chi connectivity index (χ0n) is 24.7. The van der Waals surface area contributed by atoms with Gasteiger partial charge in [-0.05, 0) is 40.8 Å². The van der Waals surface area contributed by atoms with Crippen LogP contribution >= 0.6 is 0 Å². The minimum atomic E-state index is -5.39. The molecule has 0 bridgehead atoms. The molecule has 0 radical (unpaired) electrons. The maximum absolute atomic E-state index is 13.1. The van der Waals surface area contributed by atoms with Crippen LogP contribution in [0.25, 0.3) is 10.8 Å². The van der Waals surface area contributed by atoms with Crippen LogP contribution in [0.3, 0.4) is 0 Å². The van der Waals surface area contributed by atoms with Crippen molar-refractivity contribution in [1.82, 2.24) is 0 Å². The number of fused-ring (bicyclic) bond motifs is 1. The van der Waals surface area contributed by atoms with Crippen molar-refractivity contribution in [2.45, 2.75) is 27.7 Å². The highest BCUT2D eigenvalue weighted by atomic mass is 32.3. The number of phenols is 2. The first-order chi connectivity index (χ1) is 23.2. The lowest BCUT2D eigenvalue weighted by molar-refractivity contribution is -0.386. The quantitative estimate of drug-likeness (QED) is 0.0442. The van der Waals surface area contributed by atoms with Crippen LogP contribution in [0.4, 0.5) is 28.4 Å². The molecular weight excluding hydrogens is 731 g/mol. The number of anilines is 1. The summed E-state index contributed by atoms with van der Waals surface area (Å²) < 4.78 is 99.4. The molecule has 5 rings (SSSR count). The van der Waals surface area contributed by atoms with Gasteiger partial charge in [0.05, 0.1) is 21.7 Å². The van der Waals surface area contributed by atoms with E-state index in [1.54, 1.807) is 30.3 Å². The summed E-state index contributed by atoms with van der Waals surface area (Å²) in [5.41, 5.74) is -3.49. The number of hydrogen-bond acceptors (Lipinski definition) is 15. The predicted octanol–water partition coefficient (Wildman–Crippen LogP) is 4.75. The number of amides is 1. The van der Waals surface area contributed by atoms with Gasteiger partial charge in [-0.3, -0.25) is 24.0 Å². The summed E-state index contributed by atoms with van der Waals surface area (Å²) in [6.07, 6.45) is 0. The van der Waals surface area contributed by atoms with Crippen molar-refractivity contribution in [3.63, 3.8) is 0 Å². The Morgan fingerprint density at radius 3 is 2.14 bits per heavy atom. The molecule has 1 aliphatic heterocycles. The minimum Gasteiger partial charge on any atom is -0.505 e. The average molecular weight is 751 g/mol. The average Bonchev–Trinajstić information content (AvgIpc) is 3.30. The van der Waals surface area contributed by atoms with Gasteiger partial charge in [-0.2, -0.15) is 46.3 Å². The number of para-hydroxylation sites is 1. The van der Waals surface area contributed by atoms with Gasteiger partial charge in [-0.25, -0.2) is 0 Å². The number of nitro benzene ring substituents is 1. The van der Waals surface area contributed by atoms with E-state index in [4.69, 9.17) is 0 Å². The zero-order valence-corrected chi connectivity index (χ0v) is 27.1. The van der Waals surface area contributed by atoms with Crippen molar-refractivity contribution in [2.24, 2.45) is 25.6 Å².